The first-order valence-corrected chi connectivity index (χ1v) is 9.43. The lowest BCUT2D eigenvalue weighted by atomic mass is 9.99. The number of hydrogen-bond acceptors (Lipinski definition) is 3. The van der Waals surface area contributed by atoms with Crippen molar-refractivity contribution in [2.45, 2.75) is 26.2 Å². The molecule has 0 spiro atoms. The molecule has 5 nitrogen and oxygen atoms in total. The summed E-state index contributed by atoms with van der Waals surface area (Å²) in [7, 11) is 0. The Morgan fingerprint density at radius 1 is 1.16 bits per heavy atom. The summed E-state index contributed by atoms with van der Waals surface area (Å²) in [6.45, 7) is 6.16. The van der Waals surface area contributed by atoms with Crippen molar-refractivity contribution in [3.05, 3.63) is 33.8 Å². The number of nitrogens with one attached hydrogen (secondary N) is 2. The summed E-state index contributed by atoms with van der Waals surface area (Å²) in [5.41, 5.74) is 0.376. The first-order chi connectivity index (χ1) is 12.0. The van der Waals surface area contributed by atoms with Crippen LogP contribution in [0.3, 0.4) is 0 Å². The minimum absolute atomic E-state index is 0.0553. The molecule has 138 valence electrons. The van der Waals surface area contributed by atoms with E-state index in [9.17, 15) is 9.59 Å². The lowest BCUT2D eigenvalue weighted by molar-refractivity contribution is -0.120. The Labute approximate surface area is 159 Å². The number of amides is 2. The Balaban J connectivity index is 1.60. The van der Waals surface area contributed by atoms with Gasteiger partial charge in [-0.15, -0.1) is 0 Å². The van der Waals surface area contributed by atoms with Crippen LogP contribution in [-0.2, 0) is 4.79 Å². The highest BCUT2D eigenvalue weighted by molar-refractivity contribution is 6.42. The van der Waals surface area contributed by atoms with Gasteiger partial charge in [0, 0.05) is 12.1 Å². The highest BCUT2D eigenvalue weighted by Gasteiger charge is 2.15. The largest absolute Gasteiger partial charge is 0.355 e. The zero-order valence-corrected chi connectivity index (χ0v) is 16.0. The van der Waals surface area contributed by atoms with Gasteiger partial charge in [0.15, 0.2) is 0 Å². The molecule has 1 aromatic carbocycles. The number of benzene rings is 1. The third kappa shape index (κ3) is 6.84. The van der Waals surface area contributed by atoms with Gasteiger partial charge in [0.1, 0.15) is 0 Å². The average Bonchev–Trinajstić information content (AvgIpc) is 2.60. The summed E-state index contributed by atoms with van der Waals surface area (Å²) in [5, 5.41) is 6.11. The Kier molecular flexibility index (Phi) is 8.00. The van der Waals surface area contributed by atoms with Crippen LogP contribution in [0.1, 0.15) is 36.5 Å². The second kappa shape index (κ2) is 10.00. The Morgan fingerprint density at radius 2 is 1.88 bits per heavy atom. The minimum Gasteiger partial charge on any atom is -0.355 e. The summed E-state index contributed by atoms with van der Waals surface area (Å²) < 4.78 is 0. The topological polar surface area (TPSA) is 61.4 Å². The smallest absolute Gasteiger partial charge is 0.251 e. The van der Waals surface area contributed by atoms with Gasteiger partial charge >= 0.3 is 0 Å². The number of halogens is 2. The lowest BCUT2D eigenvalue weighted by Gasteiger charge is -2.30. The molecule has 25 heavy (non-hydrogen) atoms. The van der Waals surface area contributed by atoms with Crippen LogP contribution in [0.2, 0.25) is 10.0 Å². The van der Waals surface area contributed by atoms with Crippen LogP contribution in [0.5, 0.6) is 0 Å². The molecule has 1 heterocycles. The van der Waals surface area contributed by atoms with E-state index in [1.807, 2.05) is 0 Å². The molecule has 1 aliphatic heterocycles. The number of piperidine rings is 1. The van der Waals surface area contributed by atoms with E-state index in [1.165, 1.54) is 18.9 Å². The second-order valence-electron chi connectivity index (χ2n) is 6.54. The van der Waals surface area contributed by atoms with E-state index in [4.69, 9.17) is 23.2 Å². The number of carbonyl (C=O) groups is 2. The molecular weight excluding hydrogens is 361 g/mol. The first kappa shape index (κ1) is 20.0. The van der Waals surface area contributed by atoms with Gasteiger partial charge in [-0.3, -0.25) is 9.59 Å². The van der Waals surface area contributed by atoms with Crippen LogP contribution in [0.4, 0.5) is 0 Å². The standard InChI is InChI=1S/C18H25Cl2N3O2/c1-13-5-9-23(10-6-13)8-2-7-21-17(24)12-22-18(25)14-3-4-15(19)16(20)11-14/h3-4,11,13H,2,5-10,12H2,1H3,(H,21,24)(H,22,25). The van der Waals surface area contributed by atoms with Crippen molar-refractivity contribution in [3.63, 3.8) is 0 Å². The van der Waals surface area contributed by atoms with Crippen molar-refractivity contribution in [3.8, 4) is 0 Å². The van der Waals surface area contributed by atoms with Crippen molar-refractivity contribution < 1.29 is 9.59 Å². The molecule has 1 aromatic rings. The third-order valence-corrected chi connectivity index (χ3v) is 5.18. The van der Waals surface area contributed by atoms with Gasteiger partial charge in [-0.05, 0) is 63.0 Å². The molecule has 0 saturated carbocycles. The minimum atomic E-state index is -0.351. The van der Waals surface area contributed by atoms with E-state index >= 15 is 0 Å². The molecule has 0 bridgehead atoms. The van der Waals surface area contributed by atoms with Crippen LogP contribution in [0.15, 0.2) is 18.2 Å². The quantitative estimate of drug-likeness (QED) is 0.709. The molecule has 0 aromatic heterocycles. The van der Waals surface area contributed by atoms with E-state index in [1.54, 1.807) is 12.1 Å². The molecule has 1 aliphatic rings. The molecular formula is C18H25Cl2N3O2. The highest BCUT2D eigenvalue weighted by Crippen LogP contribution is 2.22. The molecule has 1 fully saturated rings. The number of hydrogen-bond donors (Lipinski definition) is 2. The Bertz CT molecular complexity index is 602. The second-order valence-corrected chi connectivity index (χ2v) is 7.35. The average molecular weight is 386 g/mol. The summed E-state index contributed by atoms with van der Waals surface area (Å²) in [5.74, 6) is 0.284. The normalized spacial score (nSPS) is 15.8. The fourth-order valence-corrected chi connectivity index (χ4v) is 3.08. The van der Waals surface area contributed by atoms with Gasteiger partial charge in [0.05, 0.1) is 16.6 Å². The van der Waals surface area contributed by atoms with Crippen LogP contribution >= 0.6 is 23.2 Å². The summed E-state index contributed by atoms with van der Waals surface area (Å²) in [6.07, 6.45) is 3.43. The van der Waals surface area contributed by atoms with Crippen molar-refractivity contribution >= 4 is 35.0 Å². The van der Waals surface area contributed by atoms with Crippen LogP contribution in [0.25, 0.3) is 0 Å². The van der Waals surface area contributed by atoms with Gasteiger partial charge in [0.2, 0.25) is 5.91 Å². The maximum Gasteiger partial charge on any atom is 0.251 e. The van der Waals surface area contributed by atoms with Crippen LogP contribution < -0.4 is 10.6 Å². The van der Waals surface area contributed by atoms with Crippen molar-refractivity contribution in [2.75, 3.05) is 32.7 Å². The molecule has 0 radical (unpaired) electrons. The molecule has 0 unspecified atom stereocenters. The zero-order chi connectivity index (χ0) is 18.2. The number of nitrogens with zero attached hydrogens (tertiary/aromatic N) is 1. The van der Waals surface area contributed by atoms with Gasteiger partial charge in [-0.2, -0.15) is 0 Å². The Morgan fingerprint density at radius 3 is 2.56 bits per heavy atom. The van der Waals surface area contributed by atoms with E-state index in [0.717, 1.165) is 32.0 Å². The molecule has 1 saturated heterocycles. The highest BCUT2D eigenvalue weighted by atomic mass is 35.5. The van der Waals surface area contributed by atoms with Gasteiger partial charge in [-0.25, -0.2) is 0 Å². The fourth-order valence-electron chi connectivity index (χ4n) is 2.78. The summed E-state index contributed by atoms with van der Waals surface area (Å²) >= 11 is 11.7. The predicted octanol–water partition coefficient (Wildman–Crippen LogP) is 2.96. The van der Waals surface area contributed by atoms with Crippen LogP contribution in [-0.4, -0.2) is 49.4 Å². The monoisotopic (exact) mass is 385 g/mol. The lowest BCUT2D eigenvalue weighted by Crippen LogP contribution is -2.39. The zero-order valence-electron chi connectivity index (χ0n) is 14.5. The first-order valence-electron chi connectivity index (χ1n) is 8.68. The molecule has 0 aliphatic carbocycles. The summed E-state index contributed by atoms with van der Waals surface area (Å²) in [4.78, 5) is 26.2. The third-order valence-electron chi connectivity index (χ3n) is 4.44. The van der Waals surface area contributed by atoms with Crippen LogP contribution in [0, 0.1) is 5.92 Å². The van der Waals surface area contributed by atoms with Gasteiger partial charge < -0.3 is 15.5 Å². The maximum absolute atomic E-state index is 12.0. The number of carbonyl (C=O) groups excluding carboxylic acids is 2. The Hall–Kier alpha value is -1.30. The maximum atomic E-state index is 12.0. The van der Waals surface area contributed by atoms with E-state index < -0.39 is 0 Å². The molecule has 7 heteroatoms. The van der Waals surface area contributed by atoms with Crippen molar-refractivity contribution in [2.24, 2.45) is 5.92 Å². The van der Waals surface area contributed by atoms with Crippen molar-refractivity contribution in [1.82, 2.24) is 15.5 Å². The molecule has 2 rings (SSSR count). The van der Waals surface area contributed by atoms with Gasteiger partial charge in [-0.1, -0.05) is 30.1 Å². The van der Waals surface area contributed by atoms with Crippen molar-refractivity contribution in [1.29, 1.82) is 0 Å². The molecule has 2 N–H and O–H groups in total. The predicted molar refractivity (Wildman–Crippen MR) is 101 cm³/mol. The molecule has 0 atom stereocenters. The van der Waals surface area contributed by atoms with Gasteiger partial charge in [0.25, 0.3) is 5.91 Å². The number of rotatable bonds is 7. The van der Waals surface area contributed by atoms with E-state index in [-0.39, 0.29) is 18.4 Å². The fraction of sp³-hybridized carbons (Fsp3) is 0.556. The molecule has 2 amide bonds. The van der Waals surface area contributed by atoms with E-state index in [0.29, 0.717) is 22.2 Å². The SMILES string of the molecule is CC1CCN(CCCNC(=O)CNC(=O)c2ccc(Cl)c(Cl)c2)CC1. The number of likely N-dealkylation sites (tertiary alicyclic amines) is 1. The summed E-state index contributed by atoms with van der Waals surface area (Å²) in [6, 6.07) is 4.61. The van der Waals surface area contributed by atoms with E-state index in [2.05, 4.69) is 22.5 Å².